The number of halogens is 1. The van der Waals surface area contributed by atoms with Crippen molar-refractivity contribution in [2.45, 2.75) is 93.2 Å². The van der Waals surface area contributed by atoms with E-state index < -0.39 is 10.1 Å². The first kappa shape index (κ1) is 31.2. The molecule has 10 heteroatoms. The van der Waals surface area contributed by atoms with Gasteiger partial charge in [0.25, 0.3) is 10.1 Å². The first-order valence-electron chi connectivity index (χ1n) is 15.4. The summed E-state index contributed by atoms with van der Waals surface area (Å²) < 4.78 is 38.4. The van der Waals surface area contributed by atoms with Crippen LogP contribution in [0.1, 0.15) is 74.0 Å². The van der Waals surface area contributed by atoms with E-state index in [0.717, 1.165) is 44.3 Å². The number of amides is 1. The number of likely N-dealkylation sites (tertiary alicyclic amines) is 1. The Balaban J connectivity index is 0.000000254. The molecule has 3 heterocycles. The second kappa shape index (κ2) is 12.5. The minimum atomic E-state index is -4.02. The van der Waals surface area contributed by atoms with Gasteiger partial charge in [0.05, 0.1) is 20.2 Å². The molecule has 2 aliphatic heterocycles. The largest absolute Gasteiger partial charge is 0.375 e. The summed E-state index contributed by atoms with van der Waals surface area (Å²) in [5.41, 5.74) is 3.67. The lowest BCUT2D eigenvalue weighted by atomic mass is 9.75. The molecule has 1 spiro atoms. The Labute approximate surface area is 267 Å². The summed E-state index contributed by atoms with van der Waals surface area (Å²) in [5.74, 6) is 0.304. The fourth-order valence-corrected chi connectivity index (χ4v) is 10.2. The lowest BCUT2D eigenvalue weighted by Gasteiger charge is -2.49. The van der Waals surface area contributed by atoms with Crippen molar-refractivity contribution in [3.63, 3.8) is 0 Å². The van der Waals surface area contributed by atoms with Crippen LogP contribution in [0, 0.1) is 6.92 Å². The maximum Gasteiger partial charge on any atom is 0.294 e. The Kier molecular flexibility index (Phi) is 9.08. The second-order valence-electron chi connectivity index (χ2n) is 12.7. The highest BCUT2D eigenvalue weighted by Gasteiger charge is 2.48. The number of hydrogen-bond acceptors (Lipinski definition) is 6. The van der Waals surface area contributed by atoms with Crippen LogP contribution in [0.15, 0.2) is 51.1 Å². The molecule has 232 valence electrons. The van der Waals surface area contributed by atoms with Crippen LogP contribution in [-0.2, 0) is 26.1 Å². The first-order valence-corrected chi connectivity index (χ1v) is 18.5. The van der Waals surface area contributed by atoms with Crippen molar-refractivity contribution in [3.05, 3.63) is 62.9 Å². The zero-order valence-corrected chi connectivity index (χ0v) is 28.1. The van der Waals surface area contributed by atoms with Crippen LogP contribution in [0.3, 0.4) is 0 Å². The summed E-state index contributed by atoms with van der Waals surface area (Å²) in [7, 11) is -1.93. The highest BCUT2D eigenvalue weighted by molar-refractivity contribution is 9.11. The Morgan fingerprint density at radius 3 is 2.51 bits per heavy atom. The first-order chi connectivity index (χ1) is 20.6. The van der Waals surface area contributed by atoms with Gasteiger partial charge in [-0.25, -0.2) is 0 Å². The van der Waals surface area contributed by atoms with E-state index in [2.05, 4.69) is 51.0 Å². The van der Waals surface area contributed by atoms with Gasteiger partial charge in [0.2, 0.25) is 5.91 Å². The second-order valence-corrected chi connectivity index (χ2v) is 16.5. The standard InChI is InChI=1S/C26H33BrN2O2S.C7H8O3S/c1-28(20-10-12-26(11-5-15-31-26)16-21(20)29-13-2-3-14-29)25(30)18-8-9-19-23-17(18)6-4-7-22(23)32-24(19)27;1-6-2-4-7(5-3-6)11(8,9)10/h4,6-7,18,20-21H,2-3,5,8-16H2,1H3;2-5H,1H3,(H,8,9,10)/t18?,20-,21-,26?;/m0./s1. The van der Waals surface area contributed by atoms with Gasteiger partial charge in [0, 0.05) is 35.8 Å². The smallest absolute Gasteiger partial charge is 0.294 e. The van der Waals surface area contributed by atoms with E-state index in [1.807, 2.05) is 6.92 Å². The fourth-order valence-electron chi connectivity index (χ4n) is 7.78. The predicted octanol–water partition coefficient (Wildman–Crippen LogP) is 6.96. The topological polar surface area (TPSA) is 87.2 Å². The van der Waals surface area contributed by atoms with E-state index in [-0.39, 0.29) is 16.4 Å². The van der Waals surface area contributed by atoms with Crippen LogP contribution in [0.4, 0.5) is 0 Å². The molecular weight excluding hydrogens is 648 g/mol. The number of hydrogen-bond donors (Lipinski definition) is 1. The third kappa shape index (κ3) is 6.33. The highest BCUT2D eigenvalue weighted by atomic mass is 79.9. The summed E-state index contributed by atoms with van der Waals surface area (Å²) >= 11 is 5.57. The summed E-state index contributed by atoms with van der Waals surface area (Å²) in [6, 6.07) is 13.2. The number of thiophene rings is 1. The van der Waals surface area contributed by atoms with Gasteiger partial charge in [0.15, 0.2) is 0 Å². The van der Waals surface area contributed by atoms with Crippen molar-refractivity contribution in [2.24, 2.45) is 0 Å². The molecule has 0 bridgehead atoms. The molecule has 43 heavy (non-hydrogen) atoms. The van der Waals surface area contributed by atoms with Crippen LogP contribution in [0.25, 0.3) is 10.1 Å². The number of likely N-dealkylation sites (N-methyl/N-ethyl adjacent to an activating group) is 1. The molecule has 1 N–H and O–H groups in total. The fraction of sp³-hybridized carbons (Fsp3) is 0.545. The van der Waals surface area contributed by atoms with Crippen molar-refractivity contribution in [3.8, 4) is 0 Å². The Morgan fingerprint density at radius 1 is 1.09 bits per heavy atom. The average molecular weight is 690 g/mol. The molecule has 2 aliphatic carbocycles. The summed E-state index contributed by atoms with van der Waals surface area (Å²) in [5, 5.41) is 1.33. The molecule has 1 aromatic heterocycles. The minimum absolute atomic E-state index is 0.0180. The Hall–Kier alpha value is -1.82. The SMILES string of the molecule is CN(C(=O)C1CCc2c(Br)sc3cccc1c23)[C@H]1CCC2(CCCO2)C[C@@H]1N1CCCC1.Cc1ccc(S(=O)(=O)O)cc1. The third-order valence-corrected chi connectivity index (χ3v) is 12.9. The minimum Gasteiger partial charge on any atom is -0.375 e. The van der Waals surface area contributed by atoms with E-state index in [9.17, 15) is 13.2 Å². The number of carbonyl (C=O) groups is 1. The third-order valence-electron chi connectivity index (χ3n) is 10.0. The van der Waals surface area contributed by atoms with Crippen LogP contribution in [-0.4, -0.2) is 73.1 Å². The number of ether oxygens (including phenoxy) is 1. The van der Waals surface area contributed by atoms with E-state index in [4.69, 9.17) is 9.29 Å². The maximum absolute atomic E-state index is 14.0. The number of benzene rings is 2. The predicted molar refractivity (Wildman–Crippen MR) is 175 cm³/mol. The number of carbonyl (C=O) groups excluding carboxylic acids is 1. The van der Waals surface area contributed by atoms with Gasteiger partial charge in [-0.1, -0.05) is 29.8 Å². The molecular formula is C33H41BrN2O5S2. The molecule has 4 aliphatic rings. The summed E-state index contributed by atoms with van der Waals surface area (Å²) in [6.45, 7) is 5.10. The van der Waals surface area contributed by atoms with Crippen molar-refractivity contribution in [1.82, 2.24) is 9.80 Å². The molecule has 4 atom stereocenters. The van der Waals surface area contributed by atoms with Crippen LogP contribution < -0.4 is 0 Å². The molecule has 0 radical (unpaired) electrons. The van der Waals surface area contributed by atoms with Crippen LogP contribution >= 0.6 is 27.3 Å². The zero-order valence-electron chi connectivity index (χ0n) is 24.9. The van der Waals surface area contributed by atoms with Crippen LogP contribution in [0.5, 0.6) is 0 Å². The van der Waals surface area contributed by atoms with Crippen molar-refractivity contribution in [2.75, 3.05) is 26.7 Å². The quantitative estimate of drug-likeness (QED) is 0.298. The molecule has 7 rings (SSSR count). The monoisotopic (exact) mass is 688 g/mol. The molecule has 1 amide bonds. The molecule has 3 fully saturated rings. The number of rotatable bonds is 4. The van der Waals surface area contributed by atoms with Gasteiger partial charge in [-0.2, -0.15) is 8.42 Å². The lowest BCUT2D eigenvalue weighted by Crippen LogP contribution is -2.58. The Morgan fingerprint density at radius 2 is 1.84 bits per heavy atom. The zero-order chi connectivity index (χ0) is 30.4. The molecule has 3 aromatic rings. The van der Waals surface area contributed by atoms with Gasteiger partial charge in [-0.15, -0.1) is 11.3 Å². The molecule has 2 aromatic carbocycles. The number of aryl methyl sites for hydroxylation is 2. The van der Waals surface area contributed by atoms with Gasteiger partial charge < -0.3 is 9.64 Å². The van der Waals surface area contributed by atoms with Crippen LogP contribution in [0.2, 0.25) is 0 Å². The normalized spacial score (nSPS) is 27.3. The molecule has 7 nitrogen and oxygen atoms in total. The van der Waals surface area contributed by atoms with Gasteiger partial charge in [-0.05, 0) is 123 Å². The molecule has 1 saturated carbocycles. The average Bonchev–Trinajstić information content (AvgIpc) is 3.75. The van der Waals surface area contributed by atoms with Crippen molar-refractivity contribution in [1.29, 1.82) is 0 Å². The number of nitrogens with zero attached hydrogens (tertiary/aromatic N) is 2. The van der Waals surface area contributed by atoms with Gasteiger partial charge in [-0.3, -0.25) is 14.2 Å². The summed E-state index contributed by atoms with van der Waals surface area (Å²) in [6.07, 6.45) is 10.1. The van der Waals surface area contributed by atoms with Crippen molar-refractivity contribution < 1.29 is 22.5 Å². The Bertz CT molecular complexity index is 1580. The van der Waals surface area contributed by atoms with E-state index >= 15 is 0 Å². The van der Waals surface area contributed by atoms with Gasteiger partial charge >= 0.3 is 0 Å². The molecule has 2 saturated heterocycles. The van der Waals surface area contributed by atoms with E-state index in [0.29, 0.717) is 18.0 Å². The highest BCUT2D eigenvalue weighted by Crippen LogP contribution is 2.47. The van der Waals surface area contributed by atoms with E-state index in [1.165, 1.54) is 75.9 Å². The van der Waals surface area contributed by atoms with Crippen molar-refractivity contribution >= 4 is 53.4 Å². The van der Waals surface area contributed by atoms with E-state index in [1.54, 1.807) is 23.5 Å². The maximum atomic E-state index is 14.0. The molecule has 2 unspecified atom stereocenters. The summed E-state index contributed by atoms with van der Waals surface area (Å²) in [4.78, 5) is 18.8. The van der Waals surface area contributed by atoms with Gasteiger partial charge in [0.1, 0.15) is 0 Å². The lowest BCUT2D eigenvalue weighted by molar-refractivity contribution is -0.139.